The number of alkyl halides is 18. The van der Waals surface area contributed by atoms with Crippen LogP contribution < -0.4 is 0 Å². The first-order chi connectivity index (χ1) is 12.7. The van der Waals surface area contributed by atoms with E-state index in [1.165, 1.54) is 0 Å². The Morgan fingerprint density at radius 1 is 0.533 bits per heavy atom. The van der Waals surface area contributed by atoms with Crippen molar-refractivity contribution in [2.24, 2.45) is 4.99 Å². The molecule has 2 nitrogen and oxygen atoms in total. The highest BCUT2D eigenvalue weighted by Gasteiger charge is 2.99. The van der Waals surface area contributed by atoms with Gasteiger partial charge in [0.1, 0.15) is 0 Å². The van der Waals surface area contributed by atoms with Gasteiger partial charge in [-0.2, -0.15) is 79.0 Å². The zero-order chi connectivity index (χ0) is 24.4. The zero-order valence-corrected chi connectivity index (χ0v) is 12.7. The van der Waals surface area contributed by atoms with Gasteiger partial charge in [-0.25, -0.2) is 9.89 Å². The summed E-state index contributed by atoms with van der Waals surface area (Å²) in [7, 11) is 0. The molecule has 30 heavy (non-hydrogen) atoms. The Hall–Kier alpha value is -1.79. The molecule has 1 saturated heterocycles. The molecule has 0 aromatic carbocycles. The van der Waals surface area contributed by atoms with Crippen molar-refractivity contribution in [3.05, 3.63) is 0 Å². The van der Waals surface area contributed by atoms with E-state index in [0.29, 0.717) is 4.99 Å². The van der Waals surface area contributed by atoms with Crippen LogP contribution in [0.4, 0.5) is 79.0 Å². The molecule has 0 amide bonds. The van der Waals surface area contributed by atoms with E-state index in [0.717, 1.165) is 0 Å². The molecule has 2 rings (SSSR count). The molecule has 0 bridgehead atoms. The van der Waals surface area contributed by atoms with E-state index in [9.17, 15) is 79.0 Å². The van der Waals surface area contributed by atoms with Crippen LogP contribution in [0.2, 0.25) is 0 Å². The van der Waals surface area contributed by atoms with Crippen LogP contribution in [-0.2, 0) is 0 Å². The van der Waals surface area contributed by atoms with Crippen molar-refractivity contribution in [3.8, 4) is 0 Å². The SMILES string of the molecule is FC(F)(F)C1(C(F)(F)F)N=C(N2C(F)(F)C(F)(F)C(F)(F)C2(F)F)C(F)(F)C1(F)F. The Bertz CT molecular complexity index is 729. The van der Waals surface area contributed by atoms with Crippen LogP contribution >= 0.6 is 0 Å². The molecule has 0 aromatic rings. The second-order valence-electron chi connectivity index (χ2n) is 5.86. The van der Waals surface area contributed by atoms with Crippen LogP contribution in [0.25, 0.3) is 0 Å². The molecule has 0 atom stereocenters. The maximum Gasteiger partial charge on any atom is 0.429 e. The maximum absolute atomic E-state index is 13.7. The lowest BCUT2D eigenvalue weighted by atomic mass is 9.89. The lowest BCUT2D eigenvalue weighted by molar-refractivity contribution is -0.367. The number of rotatable bonds is 0. The van der Waals surface area contributed by atoms with Crippen molar-refractivity contribution in [2.75, 3.05) is 0 Å². The maximum atomic E-state index is 13.7. The van der Waals surface area contributed by atoms with Gasteiger partial charge in [0, 0.05) is 0 Å². The summed E-state index contributed by atoms with van der Waals surface area (Å²) in [6, 6.07) is -14.8. The molecule has 1 fully saturated rings. The molecule has 0 aliphatic carbocycles. The summed E-state index contributed by atoms with van der Waals surface area (Å²) in [5.41, 5.74) is -7.43. The second-order valence-corrected chi connectivity index (χ2v) is 5.86. The second kappa shape index (κ2) is 5.33. The lowest BCUT2D eigenvalue weighted by Gasteiger charge is -2.37. The Morgan fingerprint density at radius 2 is 0.833 bits per heavy atom. The number of hydrogen-bond acceptors (Lipinski definition) is 2. The van der Waals surface area contributed by atoms with Gasteiger partial charge in [0.15, 0.2) is 5.84 Å². The van der Waals surface area contributed by atoms with Gasteiger partial charge in [-0.15, -0.1) is 0 Å². The van der Waals surface area contributed by atoms with Crippen LogP contribution in [0, 0.1) is 0 Å². The smallest absolute Gasteiger partial charge is 0.235 e. The summed E-state index contributed by atoms with van der Waals surface area (Å²) in [5, 5.41) is 0. The fraction of sp³-hybridized carbons (Fsp3) is 0.900. The third-order valence-electron chi connectivity index (χ3n) is 4.15. The summed E-state index contributed by atoms with van der Waals surface area (Å²) >= 11 is 0. The number of nitrogens with zero attached hydrogens (tertiary/aromatic N) is 2. The van der Waals surface area contributed by atoms with Gasteiger partial charge < -0.3 is 0 Å². The average molecular weight is 490 g/mol. The van der Waals surface area contributed by atoms with E-state index in [2.05, 4.69) is 0 Å². The Morgan fingerprint density at radius 3 is 1.07 bits per heavy atom. The first kappa shape index (κ1) is 24.5. The predicted molar refractivity (Wildman–Crippen MR) is 53.8 cm³/mol. The third-order valence-corrected chi connectivity index (χ3v) is 4.15. The molecule has 0 aromatic heterocycles. The van der Waals surface area contributed by atoms with Crippen molar-refractivity contribution in [1.82, 2.24) is 4.90 Å². The van der Waals surface area contributed by atoms with Crippen LogP contribution in [0.1, 0.15) is 0 Å². The van der Waals surface area contributed by atoms with Crippen LogP contribution in [-0.4, -0.2) is 64.4 Å². The van der Waals surface area contributed by atoms with Gasteiger partial charge in [-0.1, -0.05) is 0 Å². The quantitative estimate of drug-likeness (QED) is 0.333. The summed E-state index contributed by atoms with van der Waals surface area (Å²) in [6.07, 6.45) is -15.4. The number of likely N-dealkylation sites (tertiary alicyclic amines) is 1. The number of amidine groups is 1. The Labute approximate surface area is 150 Å². The summed E-state index contributed by atoms with van der Waals surface area (Å²) in [5.74, 6) is -34.7. The molecule has 0 spiro atoms. The lowest BCUT2D eigenvalue weighted by Crippen LogP contribution is -2.69. The van der Waals surface area contributed by atoms with Gasteiger partial charge in [0.25, 0.3) is 0 Å². The van der Waals surface area contributed by atoms with Crippen molar-refractivity contribution in [3.63, 3.8) is 0 Å². The Kier molecular flexibility index (Phi) is 4.35. The number of aliphatic imine (C=N–C) groups is 1. The standard InChI is InChI=1S/C10F18N2/c11-2(12)1(29-3(4(2,13)14,7(19,20)21)8(22,23)24)30-9(25,26)5(15,16)6(17,18)10(30,27)28. The van der Waals surface area contributed by atoms with Crippen molar-refractivity contribution in [1.29, 1.82) is 0 Å². The molecule has 0 N–H and O–H groups in total. The minimum atomic E-state index is -7.74. The summed E-state index contributed by atoms with van der Waals surface area (Å²) < 4.78 is 237. The fourth-order valence-corrected chi connectivity index (χ4v) is 2.60. The van der Waals surface area contributed by atoms with Crippen LogP contribution in [0.5, 0.6) is 0 Å². The largest absolute Gasteiger partial charge is 0.429 e. The topological polar surface area (TPSA) is 15.6 Å². The van der Waals surface area contributed by atoms with Gasteiger partial charge in [-0.3, -0.25) is 0 Å². The van der Waals surface area contributed by atoms with Crippen LogP contribution in [0.15, 0.2) is 4.99 Å². The molecule has 2 aliphatic rings. The van der Waals surface area contributed by atoms with Crippen molar-refractivity contribution < 1.29 is 79.0 Å². The highest BCUT2D eigenvalue weighted by atomic mass is 19.4. The molecular formula is C10F18N2. The zero-order valence-electron chi connectivity index (χ0n) is 12.7. The first-order valence-electron chi connectivity index (χ1n) is 6.52. The molecule has 20 heteroatoms. The molecular weight excluding hydrogens is 490 g/mol. The molecule has 176 valence electrons. The summed E-state index contributed by atoms with van der Waals surface area (Å²) in [4.78, 5) is -3.11. The van der Waals surface area contributed by atoms with Gasteiger partial charge in [0.2, 0.25) is 0 Å². The molecule has 0 saturated carbocycles. The van der Waals surface area contributed by atoms with Crippen LogP contribution in [0.3, 0.4) is 0 Å². The minimum Gasteiger partial charge on any atom is -0.235 e. The minimum absolute atomic E-state index is 0.538. The monoisotopic (exact) mass is 490 g/mol. The van der Waals surface area contributed by atoms with E-state index >= 15 is 0 Å². The summed E-state index contributed by atoms with van der Waals surface area (Å²) in [6.45, 7) is 0. The molecule has 0 unspecified atom stereocenters. The van der Waals surface area contributed by atoms with E-state index in [4.69, 9.17) is 0 Å². The number of halogens is 18. The van der Waals surface area contributed by atoms with Gasteiger partial charge >= 0.3 is 53.7 Å². The molecule has 0 radical (unpaired) electrons. The van der Waals surface area contributed by atoms with E-state index in [1.807, 2.05) is 0 Å². The van der Waals surface area contributed by atoms with Crippen molar-refractivity contribution in [2.45, 2.75) is 53.7 Å². The van der Waals surface area contributed by atoms with Crippen molar-refractivity contribution >= 4 is 5.84 Å². The first-order valence-corrected chi connectivity index (χ1v) is 6.52. The predicted octanol–water partition coefficient (Wildman–Crippen LogP) is 5.30. The normalized spacial score (nSPS) is 30.3. The van der Waals surface area contributed by atoms with Gasteiger partial charge in [0.05, 0.1) is 0 Å². The highest BCUT2D eigenvalue weighted by Crippen LogP contribution is 2.68. The number of hydrogen-bond donors (Lipinski definition) is 0. The Balaban J connectivity index is 3.01. The highest BCUT2D eigenvalue weighted by molar-refractivity contribution is 5.95. The van der Waals surface area contributed by atoms with E-state index in [1.54, 1.807) is 0 Å². The van der Waals surface area contributed by atoms with E-state index in [-0.39, 0.29) is 0 Å². The van der Waals surface area contributed by atoms with E-state index < -0.39 is 64.4 Å². The molecule has 2 aliphatic heterocycles. The average Bonchev–Trinajstić information content (AvgIpc) is 2.65. The fourth-order valence-electron chi connectivity index (χ4n) is 2.60. The van der Waals surface area contributed by atoms with Gasteiger partial charge in [-0.05, 0) is 0 Å². The third kappa shape index (κ3) is 2.14. The molecule has 2 heterocycles.